The van der Waals surface area contributed by atoms with Gasteiger partial charge in [0, 0.05) is 12.7 Å². The van der Waals surface area contributed by atoms with Gasteiger partial charge in [-0.05, 0) is 30.5 Å². The SMILES string of the molecule is NC(=S)c1cccnc1NCCCc1ccccc1. The normalized spacial score (nSPS) is 10.1. The minimum absolute atomic E-state index is 0.374. The van der Waals surface area contributed by atoms with Gasteiger partial charge in [-0.25, -0.2) is 4.98 Å². The van der Waals surface area contributed by atoms with Crippen LogP contribution in [0.3, 0.4) is 0 Å². The zero-order chi connectivity index (χ0) is 13.5. The second kappa shape index (κ2) is 6.85. The van der Waals surface area contributed by atoms with Crippen molar-refractivity contribution in [1.82, 2.24) is 4.98 Å². The third-order valence-electron chi connectivity index (χ3n) is 2.85. The molecule has 0 unspecified atom stereocenters. The Labute approximate surface area is 118 Å². The molecule has 4 heteroatoms. The molecule has 3 nitrogen and oxygen atoms in total. The zero-order valence-corrected chi connectivity index (χ0v) is 11.5. The number of rotatable bonds is 6. The molecule has 98 valence electrons. The third-order valence-corrected chi connectivity index (χ3v) is 3.07. The highest BCUT2D eigenvalue weighted by Gasteiger charge is 2.04. The van der Waals surface area contributed by atoms with E-state index in [1.165, 1.54) is 5.56 Å². The fourth-order valence-corrected chi connectivity index (χ4v) is 2.05. The van der Waals surface area contributed by atoms with Crippen molar-refractivity contribution in [2.45, 2.75) is 12.8 Å². The molecule has 1 aromatic carbocycles. The first-order chi connectivity index (χ1) is 9.27. The summed E-state index contributed by atoms with van der Waals surface area (Å²) in [6.07, 6.45) is 3.82. The monoisotopic (exact) mass is 271 g/mol. The van der Waals surface area contributed by atoms with Crippen molar-refractivity contribution in [3.63, 3.8) is 0 Å². The molecular weight excluding hydrogens is 254 g/mol. The molecule has 0 radical (unpaired) electrons. The molecule has 0 bridgehead atoms. The van der Waals surface area contributed by atoms with E-state index in [0.717, 1.165) is 30.8 Å². The Morgan fingerprint density at radius 3 is 2.68 bits per heavy atom. The van der Waals surface area contributed by atoms with E-state index in [-0.39, 0.29) is 0 Å². The first-order valence-electron chi connectivity index (χ1n) is 6.30. The van der Waals surface area contributed by atoms with Crippen molar-refractivity contribution >= 4 is 23.0 Å². The highest BCUT2D eigenvalue weighted by molar-refractivity contribution is 7.80. The van der Waals surface area contributed by atoms with Crippen LogP contribution in [0.5, 0.6) is 0 Å². The van der Waals surface area contributed by atoms with Gasteiger partial charge in [0.05, 0.1) is 5.56 Å². The van der Waals surface area contributed by atoms with Gasteiger partial charge in [-0.3, -0.25) is 0 Å². The zero-order valence-electron chi connectivity index (χ0n) is 10.7. The van der Waals surface area contributed by atoms with Gasteiger partial charge in [0.15, 0.2) is 0 Å². The Kier molecular flexibility index (Phi) is 4.86. The van der Waals surface area contributed by atoms with Gasteiger partial charge >= 0.3 is 0 Å². The highest BCUT2D eigenvalue weighted by atomic mass is 32.1. The van der Waals surface area contributed by atoms with Gasteiger partial charge in [-0.2, -0.15) is 0 Å². The standard InChI is InChI=1S/C15H17N3S/c16-14(19)13-9-5-11-18-15(13)17-10-4-8-12-6-2-1-3-7-12/h1-3,5-7,9,11H,4,8,10H2,(H2,16,19)(H,17,18). The highest BCUT2D eigenvalue weighted by Crippen LogP contribution is 2.11. The molecule has 0 aliphatic carbocycles. The van der Waals surface area contributed by atoms with Crippen LogP contribution in [-0.2, 0) is 6.42 Å². The molecule has 1 heterocycles. The first-order valence-corrected chi connectivity index (χ1v) is 6.71. The summed E-state index contributed by atoms with van der Waals surface area (Å²) < 4.78 is 0. The lowest BCUT2D eigenvalue weighted by molar-refractivity contribution is 0.859. The molecule has 0 aliphatic rings. The minimum atomic E-state index is 0.374. The molecule has 0 saturated heterocycles. The molecule has 0 amide bonds. The quantitative estimate of drug-likeness (QED) is 0.626. The maximum Gasteiger partial charge on any atom is 0.136 e. The molecule has 19 heavy (non-hydrogen) atoms. The van der Waals surface area contributed by atoms with Gasteiger partial charge in [-0.1, -0.05) is 42.5 Å². The fourth-order valence-electron chi connectivity index (χ4n) is 1.89. The lowest BCUT2D eigenvalue weighted by Gasteiger charge is -2.09. The number of aryl methyl sites for hydroxylation is 1. The number of hydrogen-bond acceptors (Lipinski definition) is 3. The summed E-state index contributed by atoms with van der Waals surface area (Å²) in [5.74, 6) is 0.767. The van der Waals surface area contributed by atoms with Crippen molar-refractivity contribution in [3.05, 3.63) is 59.8 Å². The van der Waals surface area contributed by atoms with Crippen LogP contribution >= 0.6 is 12.2 Å². The van der Waals surface area contributed by atoms with E-state index < -0.39 is 0 Å². The molecule has 0 fully saturated rings. The van der Waals surface area contributed by atoms with E-state index in [1.54, 1.807) is 6.20 Å². The molecule has 2 rings (SSSR count). The number of nitrogens with one attached hydrogen (secondary N) is 1. The second-order valence-corrected chi connectivity index (χ2v) is 4.72. The average molecular weight is 271 g/mol. The number of aromatic nitrogens is 1. The molecule has 1 aromatic heterocycles. The molecule has 2 aromatic rings. The summed E-state index contributed by atoms with van der Waals surface area (Å²) in [4.78, 5) is 4.64. The minimum Gasteiger partial charge on any atom is -0.389 e. The Morgan fingerprint density at radius 2 is 1.95 bits per heavy atom. The van der Waals surface area contributed by atoms with Crippen LogP contribution in [-0.4, -0.2) is 16.5 Å². The molecule has 0 atom stereocenters. The molecule has 3 N–H and O–H groups in total. The van der Waals surface area contributed by atoms with Gasteiger partial charge in [0.25, 0.3) is 0 Å². The maximum atomic E-state index is 5.66. The van der Waals surface area contributed by atoms with Gasteiger partial charge in [0.1, 0.15) is 10.8 Å². The van der Waals surface area contributed by atoms with Crippen molar-refractivity contribution in [3.8, 4) is 0 Å². The Bertz CT molecular complexity index is 540. The number of benzene rings is 1. The van der Waals surface area contributed by atoms with Crippen molar-refractivity contribution in [2.24, 2.45) is 5.73 Å². The summed E-state index contributed by atoms with van der Waals surface area (Å²) >= 11 is 5.00. The number of nitrogens with zero attached hydrogens (tertiary/aromatic N) is 1. The van der Waals surface area contributed by atoms with Crippen LogP contribution in [0.25, 0.3) is 0 Å². The van der Waals surface area contributed by atoms with E-state index in [9.17, 15) is 0 Å². The van der Waals surface area contributed by atoms with Crippen molar-refractivity contribution in [2.75, 3.05) is 11.9 Å². The van der Waals surface area contributed by atoms with Crippen molar-refractivity contribution < 1.29 is 0 Å². The van der Waals surface area contributed by atoms with Gasteiger partial charge < -0.3 is 11.1 Å². The van der Waals surface area contributed by atoms with E-state index >= 15 is 0 Å². The number of pyridine rings is 1. The van der Waals surface area contributed by atoms with E-state index in [4.69, 9.17) is 18.0 Å². The molecule has 0 aliphatic heterocycles. The number of anilines is 1. The summed E-state index contributed by atoms with van der Waals surface area (Å²) in [7, 11) is 0. The van der Waals surface area contributed by atoms with Crippen LogP contribution in [0.2, 0.25) is 0 Å². The Balaban J connectivity index is 1.85. The van der Waals surface area contributed by atoms with Crippen LogP contribution < -0.4 is 11.1 Å². The lowest BCUT2D eigenvalue weighted by Crippen LogP contribution is -2.15. The predicted molar refractivity (Wildman–Crippen MR) is 83.4 cm³/mol. The van der Waals surface area contributed by atoms with Crippen LogP contribution in [0.4, 0.5) is 5.82 Å². The molecule has 0 saturated carbocycles. The van der Waals surface area contributed by atoms with Gasteiger partial charge in [-0.15, -0.1) is 0 Å². The first kappa shape index (κ1) is 13.5. The van der Waals surface area contributed by atoms with E-state index in [2.05, 4.69) is 34.6 Å². The van der Waals surface area contributed by atoms with Crippen LogP contribution in [0.15, 0.2) is 48.7 Å². The smallest absolute Gasteiger partial charge is 0.136 e. The summed E-state index contributed by atoms with van der Waals surface area (Å²) in [6.45, 7) is 0.849. The second-order valence-electron chi connectivity index (χ2n) is 4.28. The molecule has 0 spiro atoms. The van der Waals surface area contributed by atoms with E-state index in [1.807, 2.05) is 18.2 Å². The summed E-state index contributed by atoms with van der Waals surface area (Å²) in [5, 5.41) is 3.29. The average Bonchev–Trinajstić information content (AvgIpc) is 2.45. The fraction of sp³-hybridized carbons (Fsp3) is 0.200. The van der Waals surface area contributed by atoms with Crippen LogP contribution in [0, 0.1) is 0 Å². The number of thiocarbonyl (C=S) groups is 1. The van der Waals surface area contributed by atoms with Crippen LogP contribution in [0.1, 0.15) is 17.5 Å². The Hall–Kier alpha value is -1.94. The topological polar surface area (TPSA) is 50.9 Å². The van der Waals surface area contributed by atoms with Crippen molar-refractivity contribution in [1.29, 1.82) is 0 Å². The van der Waals surface area contributed by atoms with Gasteiger partial charge in [0.2, 0.25) is 0 Å². The number of hydrogen-bond donors (Lipinski definition) is 2. The summed E-state index contributed by atoms with van der Waals surface area (Å²) in [5.41, 5.74) is 7.81. The lowest BCUT2D eigenvalue weighted by atomic mass is 10.1. The Morgan fingerprint density at radius 1 is 1.16 bits per heavy atom. The predicted octanol–water partition coefficient (Wildman–Crippen LogP) is 2.76. The number of nitrogens with two attached hydrogens (primary N) is 1. The summed E-state index contributed by atoms with van der Waals surface area (Å²) in [6, 6.07) is 14.2. The maximum absolute atomic E-state index is 5.66. The third kappa shape index (κ3) is 4.03. The van der Waals surface area contributed by atoms with E-state index in [0.29, 0.717) is 4.99 Å². The largest absolute Gasteiger partial charge is 0.389 e. The molecular formula is C15H17N3S.